The molecule has 0 radical (unpaired) electrons. The van der Waals surface area contributed by atoms with Crippen molar-refractivity contribution in [1.29, 1.82) is 0 Å². The molecule has 0 aliphatic heterocycles. The normalized spacial score (nSPS) is 11.0. The third kappa shape index (κ3) is 4.54. The largest absolute Gasteiger partial charge is 0.483 e. The van der Waals surface area contributed by atoms with Crippen LogP contribution in [0, 0.1) is 6.92 Å². The number of rotatable bonds is 6. The molecule has 0 bridgehead atoms. The van der Waals surface area contributed by atoms with Crippen molar-refractivity contribution in [2.45, 2.75) is 11.8 Å². The highest BCUT2D eigenvalue weighted by atomic mass is 32.2. The highest BCUT2D eigenvalue weighted by Gasteiger charge is 2.11. The van der Waals surface area contributed by atoms with Crippen LogP contribution in [0.5, 0.6) is 5.75 Å². The summed E-state index contributed by atoms with van der Waals surface area (Å²) >= 11 is 0. The number of aryl methyl sites for hydroxylation is 1. The summed E-state index contributed by atoms with van der Waals surface area (Å²) in [6.07, 6.45) is 0. The number of para-hydroxylation sites is 1. The summed E-state index contributed by atoms with van der Waals surface area (Å²) < 4.78 is 30.9. The van der Waals surface area contributed by atoms with E-state index in [-0.39, 0.29) is 17.4 Å². The van der Waals surface area contributed by atoms with Crippen molar-refractivity contribution in [3.8, 4) is 5.75 Å². The van der Waals surface area contributed by atoms with E-state index in [0.717, 1.165) is 5.56 Å². The molecule has 0 fully saturated rings. The summed E-state index contributed by atoms with van der Waals surface area (Å²) in [7, 11) is -2.14. The molecule has 0 atom stereocenters. The van der Waals surface area contributed by atoms with E-state index in [0.29, 0.717) is 11.4 Å². The van der Waals surface area contributed by atoms with Crippen LogP contribution in [0.3, 0.4) is 0 Å². The second-order valence-electron chi connectivity index (χ2n) is 4.83. The van der Waals surface area contributed by atoms with E-state index in [1.807, 2.05) is 25.1 Å². The summed E-state index contributed by atoms with van der Waals surface area (Å²) in [6, 6.07) is 13.3. The summed E-state index contributed by atoms with van der Waals surface area (Å²) in [4.78, 5) is 12.0. The van der Waals surface area contributed by atoms with E-state index < -0.39 is 10.0 Å². The lowest BCUT2D eigenvalue weighted by Gasteiger charge is -2.10. The van der Waals surface area contributed by atoms with Crippen molar-refractivity contribution < 1.29 is 17.9 Å². The number of sulfonamides is 1. The van der Waals surface area contributed by atoms with Gasteiger partial charge in [-0.3, -0.25) is 4.79 Å². The zero-order valence-corrected chi connectivity index (χ0v) is 13.7. The number of ether oxygens (including phenoxy) is 1. The predicted molar refractivity (Wildman–Crippen MR) is 88.0 cm³/mol. The maximum absolute atomic E-state index is 11.9. The van der Waals surface area contributed by atoms with E-state index >= 15 is 0 Å². The average molecular weight is 334 g/mol. The van der Waals surface area contributed by atoms with Gasteiger partial charge in [-0.2, -0.15) is 0 Å². The van der Waals surface area contributed by atoms with Gasteiger partial charge in [-0.15, -0.1) is 0 Å². The van der Waals surface area contributed by atoms with Gasteiger partial charge in [-0.1, -0.05) is 18.2 Å². The Balaban J connectivity index is 1.94. The van der Waals surface area contributed by atoms with Crippen LogP contribution in [-0.2, 0) is 14.8 Å². The van der Waals surface area contributed by atoms with Crippen LogP contribution in [-0.4, -0.2) is 28.0 Å². The predicted octanol–water partition coefficient (Wildman–Crippen LogP) is 1.92. The monoisotopic (exact) mass is 334 g/mol. The Morgan fingerprint density at radius 3 is 2.35 bits per heavy atom. The first-order valence-electron chi connectivity index (χ1n) is 6.94. The molecule has 1 amide bonds. The summed E-state index contributed by atoms with van der Waals surface area (Å²) in [6.45, 7) is 1.77. The van der Waals surface area contributed by atoms with Gasteiger partial charge in [0.15, 0.2) is 6.61 Å². The highest BCUT2D eigenvalue weighted by molar-refractivity contribution is 7.89. The summed E-state index contributed by atoms with van der Waals surface area (Å²) in [5.74, 6) is 0.329. The Morgan fingerprint density at radius 1 is 1.09 bits per heavy atom. The van der Waals surface area contributed by atoms with Gasteiger partial charge in [0.1, 0.15) is 5.75 Å². The average Bonchev–Trinajstić information content (AvgIpc) is 2.54. The fourth-order valence-electron chi connectivity index (χ4n) is 1.89. The van der Waals surface area contributed by atoms with Crippen LogP contribution in [0.2, 0.25) is 0 Å². The fourth-order valence-corrected chi connectivity index (χ4v) is 2.62. The van der Waals surface area contributed by atoms with Crippen LogP contribution in [0.25, 0.3) is 0 Å². The van der Waals surface area contributed by atoms with E-state index in [1.165, 1.54) is 31.3 Å². The second-order valence-corrected chi connectivity index (χ2v) is 6.72. The van der Waals surface area contributed by atoms with Crippen LogP contribution in [0.1, 0.15) is 5.56 Å². The van der Waals surface area contributed by atoms with Crippen molar-refractivity contribution in [1.82, 2.24) is 4.72 Å². The zero-order chi connectivity index (χ0) is 16.9. The number of nitrogens with one attached hydrogen (secondary N) is 2. The molecule has 6 nitrogen and oxygen atoms in total. The number of carbonyl (C=O) groups excluding carboxylic acids is 1. The molecule has 2 N–H and O–H groups in total. The zero-order valence-electron chi connectivity index (χ0n) is 12.9. The molecule has 0 aliphatic rings. The van der Waals surface area contributed by atoms with Gasteiger partial charge in [0.25, 0.3) is 5.91 Å². The lowest BCUT2D eigenvalue weighted by molar-refractivity contribution is -0.118. The minimum Gasteiger partial charge on any atom is -0.483 e. The molecular formula is C16H18N2O4S. The lowest BCUT2D eigenvalue weighted by atomic mass is 10.2. The van der Waals surface area contributed by atoms with E-state index in [1.54, 1.807) is 6.07 Å². The molecule has 0 spiro atoms. The Hall–Kier alpha value is -2.38. The molecule has 7 heteroatoms. The Morgan fingerprint density at radius 2 is 1.74 bits per heavy atom. The van der Waals surface area contributed by atoms with E-state index in [2.05, 4.69) is 10.0 Å². The summed E-state index contributed by atoms with van der Waals surface area (Å²) in [5, 5.41) is 2.65. The van der Waals surface area contributed by atoms with Crippen molar-refractivity contribution in [2.75, 3.05) is 19.0 Å². The molecule has 0 unspecified atom stereocenters. The van der Waals surface area contributed by atoms with Gasteiger partial charge in [0.2, 0.25) is 10.0 Å². The molecule has 23 heavy (non-hydrogen) atoms. The lowest BCUT2D eigenvalue weighted by Crippen LogP contribution is -2.21. The molecule has 0 heterocycles. The number of amides is 1. The molecule has 0 aliphatic carbocycles. The van der Waals surface area contributed by atoms with Crippen molar-refractivity contribution in [3.63, 3.8) is 0 Å². The SMILES string of the molecule is CNS(=O)(=O)c1ccc(NC(=O)COc2ccccc2C)cc1. The first-order chi connectivity index (χ1) is 10.9. The van der Waals surface area contributed by atoms with Gasteiger partial charge in [0, 0.05) is 5.69 Å². The number of anilines is 1. The fraction of sp³-hybridized carbons (Fsp3) is 0.188. The number of benzene rings is 2. The van der Waals surface area contributed by atoms with Gasteiger partial charge in [-0.25, -0.2) is 13.1 Å². The Bertz CT molecular complexity index is 786. The van der Waals surface area contributed by atoms with Gasteiger partial charge in [-0.05, 0) is 49.9 Å². The van der Waals surface area contributed by atoms with Gasteiger partial charge in [0.05, 0.1) is 4.90 Å². The quantitative estimate of drug-likeness (QED) is 0.845. The Kier molecular flexibility index (Phi) is 5.36. The smallest absolute Gasteiger partial charge is 0.262 e. The van der Waals surface area contributed by atoms with Crippen molar-refractivity contribution in [3.05, 3.63) is 54.1 Å². The van der Waals surface area contributed by atoms with Crippen LogP contribution >= 0.6 is 0 Å². The first kappa shape index (κ1) is 17.0. The number of hydrogen-bond donors (Lipinski definition) is 2. The topological polar surface area (TPSA) is 84.5 Å². The maximum atomic E-state index is 11.9. The maximum Gasteiger partial charge on any atom is 0.262 e. The molecule has 0 saturated heterocycles. The molecule has 2 rings (SSSR count). The van der Waals surface area contributed by atoms with Crippen LogP contribution < -0.4 is 14.8 Å². The van der Waals surface area contributed by atoms with E-state index in [4.69, 9.17) is 4.74 Å². The Labute approximate surface area is 135 Å². The van der Waals surface area contributed by atoms with Gasteiger partial charge < -0.3 is 10.1 Å². The molecule has 2 aromatic carbocycles. The standard InChI is InChI=1S/C16H18N2O4S/c1-12-5-3-4-6-15(12)22-11-16(19)18-13-7-9-14(10-8-13)23(20,21)17-2/h3-10,17H,11H2,1-2H3,(H,18,19). The van der Waals surface area contributed by atoms with Crippen LogP contribution in [0.4, 0.5) is 5.69 Å². The first-order valence-corrected chi connectivity index (χ1v) is 8.42. The minimum absolute atomic E-state index is 0.124. The minimum atomic E-state index is -3.48. The number of carbonyl (C=O) groups is 1. The van der Waals surface area contributed by atoms with Crippen molar-refractivity contribution in [2.24, 2.45) is 0 Å². The van der Waals surface area contributed by atoms with E-state index in [9.17, 15) is 13.2 Å². The molecule has 0 aromatic heterocycles. The number of hydrogen-bond acceptors (Lipinski definition) is 4. The van der Waals surface area contributed by atoms with Gasteiger partial charge >= 0.3 is 0 Å². The molecule has 2 aromatic rings. The highest BCUT2D eigenvalue weighted by Crippen LogP contribution is 2.16. The molecule has 0 saturated carbocycles. The second kappa shape index (κ2) is 7.26. The van der Waals surface area contributed by atoms with Crippen molar-refractivity contribution >= 4 is 21.6 Å². The molecular weight excluding hydrogens is 316 g/mol. The third-order valence-electron chi connectivity index (χ3n) is 3.17. The third-order valence-corrected chi connectivity index (χ3v) is 4.60. The summed E-state index contributed by atoms with van der Waals surface area (Å²) in [5.41, 5.74) is 1.44. The van der Waals surface area contributed by atoms with Crippen LogP contribution in [0.15, 0.2) is 53.4 Å². The molecule has 122 valence electrons.